The molecule has 7 nitrogen and oxygen atoms in total. The van der Waals surface area contributed by atoms with E-state index in [4.69, 9.17) is 9.73 Å². The second kappa shape index (κ2) is 11.8. The fourth-order valence-electron chi connectivity index (χ4n) is 3.68. The van der Waals surface area contributed by atoms with Crippen LogP contribution in [0.1, 0.15) is 44.0 Å². The molecule has 0 saturated carbocycles. The van der Waals surface area contributed by atoms with Crippen molar-refractivity contribution in [2.45, 2.75) is 39.7 Å². The lowest BCUT2D eigenvalue weighted by Gasteiger charge is -2.40. The third-order valence-electron chi connectivity index (χ3n) is 5.18. The molecule has 7 heteroatoms. The first-order chi connectivity index (χ1) is 13.9. The van der Waals surface area contributed by atoms with Crippen LogP contribution in [0.5, 0.6) is 0 Å². The maximum absolute atomic E-state index is 11.3. The minimum absolute atomic E-state index is 0.265. The van der Waals surface area contributed by atoms with Gasteiger partial charge in [0.1, 0.15) is 0 Å². The van der Waals surface area contributed by atoms with Gasteiger partial charge in [0.05, 0.1) is 5.56 Å². The summed E-state index contributed by atoms with van der Waals surface area (Å²) in [4.78, 5) is 20.8. The van der Waals surface area contributed by atoms with Crippen molar-refractivity contribution in [3.8, 4) is 0 Å². The summed E-state index contributed by atoms with van der Waals surface area (Å²) >= 11 is 0. The van der Waals surface area contributed by atoms with Gasteiger partial charge in [-0.3, -0.25) is 9.89 Å². The van der Waals surface area contributed by atoms with E-state index >= 15 is 0 Å². The van der Waals surface area contributed by atoms with Gasteiger partial charge in [-0.1, -0.05) is 19.9 Å². The number of carboxylic acid groups (broad SMARTS) is 1. The molecule has 0 amide bonds. The number of ether oxygens (including phenoxy) is 1. The first-order valence-electron chi connectivity index (χ1n) is 10.5. The fourth-order valence-corrected chi connectivity index (χ4v) is 3.68. The molecule has 1 atom stereocenters. The topological polar surface area (TPSA) is 77.4 Å². The van der Waals surface area contributed by atoms with Gasteiger partial charge >= 0.3 is 5.97 Å². The van der Waals surface area contributed by atoms with E-state index in [1.54, 1.807) is 25.3 Å². The molecule has 2 N–H and O–H groups in total. The molecule has 1 aliphatic rings. The highest BCUT2D eigenvalue weighted by molar-refractivity contribution is 5.95. The highest BCUT2D eigenvalue weighted by Gasteiger charge is 2.23. The number of guanidine groups is 1. The number of carbonyl (C=O) groups is 1. The van der Waals surface area contributed by atoms with Crippen molar-refractivity contribution in [2.75, 3.05) is 51.8 Å². The van der Waals surface area contributed by atoms with Crippen LogP contribution in [0.3, 0.4) is 0 Å². The van der Waals surface area contributed by atoms with Gasteiger partial charge in [0.2, 0.25) is 0 Å². The number of hydrogen-bond acceptors (Lipinski definition) is 4. The van der Waals surface area contributed by atoms with Crippen LogP contribution in [0.15, 0.2) is 29.3 Å². The van der Waals surface area contributed by atoms with Gasteiger partial charge in [-0.2, -0.15) is 0 Å². The molecule has 0 bridgehead atoms. The van der Waals surface area contributed by atoms with Crippen molar-refractivity contribution in [1.29, 1.82) is 0 Å². The molecule has 1 aromatic rings. The smallest absolute Gasteiger partial charge is 0.335 e. The number of nitrogens with one attached hydrogen (secondary N) is 1. The SMILES string of the molecule is COCCCN=C(Nc1cccc(C(=O)O)c1)N1CCN([C@@H](C)CC(C)C)CC1. The lowest BCUT2D eigenvalue weighted by atomic mass is 10.0. The van der Waals surface area contributed by atoms with E-state index in [9.17, 15) is 9.90 Å². The number of piperazine rings is 1. The van der Waals surface area contributed by atoms with Gasteiger partial charge < -0.3 is 20.1 Å². The Labute approximate surface area is 174 Å². The Morgan fingerprint density at radius 1 is 1.24 bits per heavy atom. The van der Waals surface area contributed by atoms with Crippen molar-refractivity contribution in [2.24, 2.45) is 10.9 Å². The Kier molecular flexibility index (Phi) is 9.41. The second-order valence-electron chi connectivity index (χ2n) is 8.06. The van der Waals surface area contributed by atoms with E-state index in [1.807, 2.05) is 6.07 Å². The first kappa shape index (κ1) is 23.2. The molecule has 2 rings (SSSR count). The molecule has 0 aliphatic carbocycles. The summed E-state index contributed by atoms with van der Waals surface area (Å²) in [5.41, 5.74) is 1.01. The fraction of sp³-hybridized carbons (Fsp3) is 0.636. The predicted molar refractivity (Wildman–Crippen MR) is 118 cm³/mol. The number of methoxy groups -OCH3 is 1. The van der Waals surface area contributed by atoms with Gasteiger partial charge in [-0.05, 0) is 43.9 Å². The number of benzene rings is 1. The molecular weight excluding hydrogens is 368 g/mol. The summed E-state index contributed by atoms with van der Waals surface area (Å²) in [6, 6.07) is 7.45. The summed E-state index contributed by atoms with van der Waals surface area (Å²) in [6.45, 7) is 12.0. The third-order valence-corrected chi connectivity index (χ3v) is 5.18. The molecule has 29 heavy (non-hydrogen) atoms. The summed E-state index contributed by atoms with van der Waals surface area (Å²) in [5, 5.41) is 12.6. The van der Waals surface area contributed by atoms with E-state index in [-0.39, 0.29) is 5.56 Å². The number of aliphatic imine (C=N–C) groups is 1. The molecule has 162 valence electrons. The zero-order chi connectivity index (χ0) is 21.2. The normalized spacial score (nSPS) is 16.9. The van der Waals surface area contributed by atoms with E-state index in [2.05, 4.69) is 35.9 Å². The van der Waals surface area contributed by atoms with Crippen LogP contribution in [0.25, 0.3) is 0 Å². The quantitative estimate of drug-likeness (QED) is 0.374. The molecule has 1 saturated heterocycles. The van der Waals surface area contributed by atoms with Gasteiger partial charge in [0.15, 0.2) is 5.96 Å². The van der Waals surface area contributed by atoms with Gasteiger partial charge in [0.25, 0.3) is 0 Å². The number of nitrogens with zero attached hydrogens (tertiary/aromatic N) is 3. The van der Waals surface area contributed by atoms with Crippen LogP contribution in [0, 0.1) is 5.92 Å². The van der Waals surface area contributed by atoms with Crippen molar-refractivity contribution in [1.82, 2.24) is 9.80 Å². The lowest BCUT2D eigenvalue weighted by molar-refractivity contribution is 0.0697. The summed E-state index contributed by atoms with van der Waals surface area (Å²) < 4.78 is 5.13. The van der Waals surface area contributed by atoms with E-state index in [1.165, 1.54) is 6.42 Å². The van der Waals surface area contributed by atoms with Gasteiger partial charge in [-0.25, -0.2) is 4.79 Å². The second-order valence-corrected chi connectivity index (χ2v) is 8.06. The van der Waals surface area contributed by atoms with Crippen molar-refractivity contribution < 1.29 is 14.6 Å². The van der Waals surface area contributed by atoms with Crippen LogP contribution in [0.4, 0.5) is 5.69 Å². The zero-order valence-electron chi connectivity index (χ0n) is 18.2. The zero-order valence-corrected chi connectivity index (χ0v) is 18.2. The molecule has 1 aromatic carbocycles. The van der Waals surface area contributed by atoms with Crippen LogP contribution in [-0.4, -0.2) is 79.3 Å². The molecular formula is C22H36N4O3. The largest absolute Gasteiger partial charge is 0.478 e. The number of hydrogen-bond donors (Lipinski definition) is 2. The third kappa shape index (κ3) is 7.66. The average molecular weight is 405 g/mol. The minimum Gasteiger partial charge on any atom is -0.478 e. The molecule has 0 spiro atoms. The number of rotatable bonds is 9. The maximum Gasteiger partial charge on any atom is 0.335 e. The van der Waals surface area contributed by atoms with Crippen LogP contribution >= 0.6 is 0 Å². The Hall–Kier alpha value is -2.12. The Morgan fingerprint density at radius 3 is 2.59 bits per heavy atom. The predicted octanol–water partition coefficient (Wildman–Crippen LogP) is 3.24. The summed E-state index contributed by atoms with van der Waals surface area (Å²) in [6.07, 6.45) is 2.06. The average Bonchev–Trinajstić information content (AvgIpc) is 2.70. The van der Waals surface area contributed by atoms with Crippen LogP contribution in [0.2, 0.25) is 0 Å². The van der Waals surface area contributed by atoms with Crippen molar-refractivity contribution in [3.63, 3.8) is 0 Å². The molecule has 0 unspecified atom stereocenters. The molecule has 0 aromatic heterocycles. The van der Waals surface area contributed by atoms with Gasteiger partial charge in [0, 0.05) is 58.2 Å². The Balaban J connectivity index is 2.05. The number of aromatic carboxylic acids is 1. The van der Waals surface area contributed by atoms with Crippen molar-refractivity contribution >= 4 is 17.6 Å². The maximum atomic E-state index is 11.3. The molecule has 0 radical (unpaired) electrons. The lowest BCUT2D eigenvalue weighted by Crippen LogP contribution is -2.53. The van der Waals surface area contributed by atoms with E-state index in [0.717, 1.165) is 44.2 Å². The number of carboxylic acids is 1. The molecule has 1 heterocycles. The molecule has 1 fully saturated rings. The van der Waals surface area contributed by atoms with Crippen molar-refractivity contribution in [3.05, 3.63) is 29.8 Å². The Morgan fingerprint density at radius 2 is 1.97 bits per heavy atom. The highest BCUT2D eigenvalue weighted by atomic mass is 16.5. The van der Waals surface area contributed by atoms with E-state index in [0.29, 0.717) is 25.1 Å². The standard InChI is InChI=1S/C22H36N4O3/c1-17(2)15-18(3)25-10-12-26(13-11-25)22(23-9-6-14-29-4)24-20-8-5-7-19(16-20)21(27)28/h5,7-8,16-18H,6,9-15H2,1-4H3,(H,23,24)(H,27,28)/t18-/m0/s1. The first-order valence-corrected chi connectivity index (χ1v) is 10.5. The minimum atomic E-state index is -0.931. The van der Waals surface area contributed by atoms with Crippen LogP contribution < -0.4 is 5.32 Å². The van der Waals surface area contributed by atoms with E-state index < -0.39 is 5.97 Å². The Bertz CT molecular complexity index is 670. The number of anilines is 1. The highest BCUT2D eigenvalue weighted by Crippen LogP contribution is 2.16. The summed E-state index contributed by atoms with van der Waals surface area (Å²) in [7, 11) is 1.69. The van der Waals surface area contributed by atoms with Crippen LogP contribution in [-0.2, 0) is 4.74 Å². The van der Waals surface area contributed by atoms with Gasteiger partial charge in [-0.15, -0.1) is 0 Å². The molecule has 1 aliphatic heterocycles. The summed E-state index contributed by atoms with van der Waals surface area (Å²) in [5.74, 6) is 0.573. The monoisotopic (exact) mass is 404 g/mol.